The fraction of sp³-hybridized carbons (Fsp3) is 0.0323. The predicted octanol–water partition coefficient (Wildman–Crippen LogP) is 7.28. The van der Waals surface area contributed by atoms with Gasteiger partial charge in [-0.3, -0.25) is 4.79 Å². The Morgan fingerprint density at radius 3 is 2.56 bits per heavy atom. The van der Waals surface area contributed by atoms with E-state index in [1.807, 2.05) is 48.0 Å². The fourth-order valence-electron chi connectivity index (χ4n) is 5.08. The Balaban J connectivity index is 1.29. The van der Waals surface area contributed by atoms with E-state index in [0.29, 0.717) is 33.7 Å². The SMILES string of the molecule is Cn1c(C(=O)c2cnn3c2[nH]c2cc(Oc4cccc(F)c4F)ccc23)cc2c(-c3ccccc3)cccc21. The van der Waals surface area contributed by atoms with Crippen molar-refractivity contribution >= 4 is 33.4 Å². The Morgan fingerprint density at radius 2 is 1.72 bits per heavy atom. The van der Waals surface area contributed by atoms with Crippen LogP contribution in [0.3, 0.4) is 0 Å². The van der Waals surface area contributed by atoms with Crippen LogP contribution in [0.15, 0.2) is 97.2 Å². The van der Waals surface area contributed by atoms with Gasteiger partial charge >= 0.3 is 0 Å². The van der Waals surface area contributed by atoms with E-state index in [1.165, 1.54) is 12.1 Å². The summed E-state index contributed by atoms with van der Waals surface area (Å²) in [6.07, 6.45) is 1.55. The second-order valence-electron chi connectivity index (χ2n) is 9.30. The van der Waals surface area contributed by atoms with E-state index in [-0.39, 0.29) is 11.5 Å². The number of carbonyl (C=O) groups excluding carboxylic acids is 1. The molecular formula is C31H20F2N4O2. The van der Waals surface area contributed by atoms with Crippen LogP contribution in [0, 0.1) is 11.6 Å². The Kier molecular flexibility index (Phi) is 5.09. The van der Waals surface area contributed by atoms with Crippen molar-refractivity contribution in [1.29, 1.82) is 0 Å². The van der Waals surface area contributed by atoms with E-state index in [1.54, 1.807) is 28.9 Å². The lowest BCUT2D eigenvalue weighted by Gasteiger charge is -2.07. The monoisotopic (exact) mass is 518 g/mol. The van der Waals surface area contributed by atoms with Gasteiger partial charge in [-0.25, -0.2) is 8.91 Å². The molecule has 0 aliphatic heterocycles. The van der Waals surface area contributed by atoms with E-state index in [2.05, 4.69) is 28.3 Å². The molecule has 0 radical (unpaired) electrons. The van der Waals surface area contributed by atoms with Crippen molar-refractivity contribution in [3.05, 3.63) is 120 Å². The van der Waals surface area contributed by atoms with Gasteiger partial charge in [0.15, 0.2) is 11.6 Å². The van der Waals surface area contributed by atoms with E-state index >= 15 is 0 Å². The maximum absolute atomic E-state index is 14.1. The summed E-state index contributed by atoms with van der Waals surface area (Å²) in [5.74, 6) is -2.12. The van der Waals surface area contributed by atoms with Gasteiger partial charge in [-0.05, 0) is 47.5 Å². The molecule has 0 bridgehead atoms. The number of hydrogen-bond donors (Lipinski definition) is 1. The van der Waals surface area contributed by atoms with Crippen molar-refractivity contribution in [2.45, 2.75) is 0 Å². The number of benzene rings is 4. The molecule has 3 heterocycles. The van der Waals surface area contributed by atoms with Crippen molar-refractivity contribution in [2.24, 2.45) is 7.05 Å². The molecule has 0 saturated carbocycles. The molecule has 7 aromatic rings. The zero-order valence-corrected chi connectivity index (χ0v) is 20.7. The summed E-state index contributed by atoms with van der Waals surface area (Å²) in [7, 11) is 1.88. The van der Waals surface area contributed by atoms with Crippen molar-refractivity contribution in [3.8, 4) is 22.6 Å². The standard InChI is InChI=1S/C31H20F2N4O2/c1-36-25-11-5-9-20(18-7-3-2-4-8-18)21(25)16-27(36)30(38)22-17-34-37-26-14-13-19(15-24(26)35-31(22)37)39-28-12-6-10-23(32)29(28)33/h2-17,35H,1H3. The van der Waals surface area contributed by atoms with E-state index in [0.717, 1.165) is 28.1 Å². The third kappa shape index (κ3) is 3.60. The summed E-state index contributed by atoms with van der Waals surface area (Å²) in [5, 5.41) is 5.43. The number of aryl methyl sites for hydroxylation is 1. The predicted molar refractivity (Wildman–Crippen MR) is 145 cm³/mol. The van der Waals surface area contributed by atoms with Gasteiger partial charge in [0.25, 0.3) is 0 Å². The van der Waals surface area contributed by atoms with Crippen molar-refractivity contribution in [3.63, 3.8) is 0 Å². The molecule has 6 nitrogen and oxygen atoms in total. The highest BCUT2D eigenvalue weighted by molar-refractivity contribution is 6.15. The Labute approximate surface area is 220 Å². The first-order valence-electron chi connectivity index (χ1n) is 12.3. The lowest BCUT2D eigenvalue weighted by Crippen LogP contribution is -2.06. The number of aromatic nitrogens is 4. The minimum absolute atomic E-state index is 0.174. The first-order valence-corrected chi connectivity index (χ1v) is 12.3. The van der Waals surface area contributed by atoms with E-state index in [9.17, 15) is 13.6 Å². The Morgan fingerprint density at radius 1 is 0.897 bits per heavy atom. The largest absolute Gasteiger partial charge is 0.454 e. The third-order valence-electron chi connectivity index (χ3n) is 7.01. The fourth-order valence-corrected chi connectivity index (χ4v) is 5.08. The number of nitrogens with zero attached hydrogens (tertiary/aromatic N) is 3. The highest BCUT2D eigenvalue weighted by Gasteiger charge is 2.22. The normalized spacial score (nSPS) is 11.6. The maximum Gasteiger partial charge on any atom is 0.214 e. The van der Waals surface area contributed by atoms with Gasteiger partial charge in [-0.2, -0.15) is 9.49 Å². The minimum Gasteiger partial charge on any atom is -0.454 e. The van der Waals surface area contributed by atoms with E-state index < -0.39 is 11.6 Å². The quantitative estimate of drug-likeness (QED) is 0.244. The van der Waals surface area contributed by atoms with Crippen molar-refractivity contribution < 1.29 is 18.3 Å². The van der Waals surface area contributed by atoms with Gasteiger partial charge in [0, 0.05) is 24.0 Å². The second-order valence-corrected chi connectivity index (χ2v) is 9.30. The molecule has 3 aromatic heterocycles. The molecule has 190 valence electrons. The molecule has 0 aliphatic carbocycles. The van der Waals surface area contributed by atoms with Crippen LogP contribution in [0.25, 0.3) is 38.7 Å². The molecule has 4 aromatic carbocycles. The average molecular weight is 519 g/mol. The molecule has 0 amide bonds. The highest BCUT2D eigenvalue weighted by Crippen LogP contribution is 2.33. The topological polar surface area (TPSA) is 64.3 Å². The number of fused-ring (bicyclic) bond motifs is 4. The molecule has 7 rings (SSSR count). The van der Waals surface area contributed by atoms with E-state index in [4.69, 9.17) is 4.74 Å². The molecule has 8 heteroatoms. The molecule has 1 N–H and O–H groups in total. The maximum atomic E-state index is 14.1. The lowest BCUT2D eigenvalue weighted by molar-refractivity contribution is 0.103. The van der Waals surface area contributed by atoms with Crippen LogP contribution in [-0.4, -0.2) is 24.9 Å². The first-order chi connectivity index (χ1) is 19.0. The van der Waals surface area contributed by atoms with Crippen LogP contribution in [0.5, 0.6) is 11.5 Å². The summed E-state index contributed by atoms with van der Waals surface area (Å²) >= 11 is 0. The zero-order valence-electron chi connectivity index (χ0n) is 20.7. The van der Waals surface area contributed by atoms with Gasteiger partial charge in [0.05, 0.1) is 28.5 Å². The van der Waals surface area contributed by atoms with Crippen molar-refractivity contribution in [2.75, 3.05) is 0 Å². The summed E-state index contributed by atoms with van der Waals surface area (Å²) in [4.78, 5) is 17.1. The second kappa shape index (κ2) is 8.66. The molecule has 39 heavy (non-hydrogen) atoms. The molecular weight excluding hydrogens is 498 g/mol. The number of rotatable bonds is 5. The van der Waals surface area contributed by atoms with Crippen LogP contribution < -0.4 is 4.74 Å². The molecule has 0 fully saturated rings. The van der Waals surface area contributed by atoms with Gasteiger partial charge in [0.2, 0.25) is 11.6 Å². The summed E-state index contributed by atoms with van der Waals surface area (Å²) < 4.78 is 36.8. The summed E-state index contributed by atoms with van der Waals surface area (Å²) in [6.45, 7) is 0. The number of imidazole rings is 1. The number of ketones is 1. The van der Waals surface area contributed by atoms with Gasteiger partial charge in [-0.15, -0.1) is 0 Å². The smallest absolute Gasteiger partial charge is 0.214 e. The van der Waals surface area contributed by atoms with Gasteiger partial charge in [0.1, 0.15) is 11.4 Å². The number of hydrogen-bond acceptors (Lipinski definition) is 3. The summed E-state index contributed by atoms with van der Waals surface area (Å²) in [5.41, 5.74) is 5.89. The summed E-state index contributed by atoms with van der Waals surface area (Å²) in [6, 6.07) is 26.8. The average Bonchev–Trinajstić information content (AvgIpc) is 3.63. The molecule has 0 saturated heterocycles. The lowest BCUT2D eigenvalue weighted by atomic mass is 10.0. The third-order valence-corrected chi connectivity index (χ3v) is 7.01. The van der Waals surface area contributed by atoms with Crippen LogP contribution in [0.2, 0.25) is 0 Å². The number of carbonyl (C=O) groups is 1. The first kappa shape index (κ1) is 22.9. The number of nitrogens with one attached hydrogen (secondary N) is 1. The van der Waals surface area contributed by atoms with Crippen LogP contribution >= 0.6 is 0 Å². The Bertz CT molecular complexity index is 2050. The van der Waals surface area contributed by atoms with Crippen LogP contribution in [0.1, 0.15) is 16.1 Å². The molecule has 0 aliphatic rings. The highest BCUT2D eigenvalue weighted by atomic mass is 19.2. The zero-order chi connectivity index (χ0) is 26.7. The molecule has 0 unspecified atom stereocenters. The Hall–Kier alpha value is -5.24. The molecule has 0 spiro atoms. The number of aromatic amines is 1. The van der Waals surface area contributed by atoms with Crippen LogP contribution in [0.4, 0.5) is 8.78 Å². The number of halogens is 2. The number of H-pyrrole nitrogens is 1. The number of ether oxygens (including phenoxy) is 1. The van der Waals surface area contributed by atoms with Gasteiger partial charge in [-0.1, -0.05) is 48.5 Å². The minimum atomic E-state index is -1.06. The molecule has 0 atom stereocenters. The van der Waals surface area contributed by atoms with Crippen molar-refractivity contribution in [1.82, 2.24) is 19.2 Å². The van der Waals surface area contributed by atoms with Gasteiger partial charge < -0.3 is 14.3 Å². The van der Waals surface area contributed by atoms with Crippen LogP contribution in [-0.2, 0) is 7.05 Å².